The number of benzene rings is 1. The third-order valence-electron chi connectivity index (χ3n) is 2.18. The highest BCUT2D eigenvalue weighted by atomic mass is 35.7. The van der Waals surface area contributed by atoms with Crippen molar-refractivity contribution in [1.82, 2.24) is 0 Å². The summed E-state index contributed by atoms with van der Waals surface area (Å²) < 4.78 is 32.7. The highest BCUT2D eigenvalue weighted by molar-refractivity contribution is 8.13. The van der Waals surface area contributed by atoms with Gasteiger partial charge < -0.3 is 9.47 Å². The first-order valence-electron chi connectivity index (χ1n) is 5.36. The number of rotatable bonds is 4. The van der Waals surface area contributed by atoms with Crippen LogP contribution < -0.4 is 10.1 Å². The standard InChI is InChI=1S/C11H14ClNO5S/c1-4-18-11(14)13-8-5-7(2)6-9(10(8)17-3)19(12,15)16/h5-6H,4H2,1-3H3,(H,13,14). The van der Waals surface area contributed by atoms with E-state index in [4.69, 9.17) is 20.2 Å². The third-order valence-corrected chi connectivity index (χ3v) is 3.51. The number of carbonyl (C=O) groups is 1. The number of hydrogen-bond donors (Lipinski definition) is 1. The molecule has 1 aromatic rings. The molecule has 1 N–H and O–H groups in total. The number of anilines is 1. The van der Waals surface area contributed by atoms with E-state index in [1.165, 1.54) is 13.2 Å². The van der Waals surface area contributed by atoms with Crippen LogP contribution in [-0.4, -0.2) is 28.2 Å². The van der Waals surface area contributed by atoms with Crippen molar-refractivity contribution in [3.8, 4) is 5.75 Å². The Morgan fingerprint density at radius 3 is 2.53 bits per heavy atom. The lowest BCUT2D eigenvalue weighted by Gasteiger charge is -2.13. The number of ether oxygens (including phenoxy) is 2. The van der Waals surface area contributed by atoms with Gasteiger partial charge in [-0.05, 0) is 31.5 Å². The van der Waals surface area contributed by atoms with E-state index in [0.29, 0.717) is 5.56 Å². The molecular weight excluding hydrogens is 294 g/mol. The minimum absolute atomic E-state index is 0.0337. The predicted molar refractivity (Wildman–Crippen MR) is 71.4 cm³/mol. The Hall–Kier alpha value is -1.47. The van der Waals surface area contributed by atoms with Gasteiger partial charge in [0.25, 0.3) is 9.05 Å². The predicted octanol–water partition coefficient (Wildman–Crippen LogP) is 2.50. The molecule has 0 aliphatic rings. The highest BCUT2D eigenvalue weighted by Crippen LogP contribution is 2.35. The van der Waals surface area contributed by atoms with E-state index in [9.17, 15) is 13.2 Å². The maximum atomic E-state index is 11.5. The van der Waals surface area contributed by atoms with Crippen molar-refractivity contribution in [1.29, 1.82) is 0 Å². The van der Waals surface area contributed by atoms with Gasteiger partial charge in [0.1, 0.15) is 4.90 Å². The summed E-state index contributed by atoms with van der Waals surface area (Å²) in [6.45, 7) is 3.52. The molecule has 1 amide bonds. The third kappa shape index (κ3) is 4.00. The number of nitrogens with one attached hydrogen (secondary N) is 1. The molecular formula is C11H14ClNO5S. The molecule has 1 aromatic carbocycles. The zero-order valence-electron chi connectivity index (χ0n) is 10.7. The van der Waals surface area contributed by atoms with Gasteiger partial charge >= 0.3 is 6.09 Å². The molecule has 0 unspecified atom stereocenters. The van der Waals surface area contributed by atoms with Crippen LogP contribution in [0.25, 0.3) is 0 Å². The van der Waals surface area contributed by atoms with E-state index in [1.807, 2.05) is 0 Å². The maximum absolute atomic E-state index is 11.5. The monoisotopic (exact) mass is 307 g/mol. The summed E-state index contributed by atoms with van der Waals surface area (Å²) >= 11 is 0. The largest absolute Gasteiger partial charge is 0.493 e. The molecule has 6 nitrogen and oxygen atoms in total. The highest BCUT2D eigenvalue weighted by Gasteiger charge is 2.21. The van der Waals surface area contributed by atoms with Crippen LogP contribution in [-0.2, 0) is 13.8 Å². The van der Waals surface area contributed by atoms with Crippen molar-refractivity contribution >= 4 is 31.5 Å². The van der Waals surface area contributed by atoms with Gasteiger partial charge in [0.05, 0.1) is 19.4 Å². The molecule has 8 heteroatoms. The van der Waals surface area contributed by atoms with Crippen LogP contribution in [0.1, 0.15) is 12.5 Å². The Morgan fingerprint density at radius 1 is 1.42 bits per heavy atom. The average Bonchev–Trinajstić information content (AvgIpc) is 2.27. The van der Waals surface area contributed by atoms with Gasteiger partial charge in [-0.15, -0.1) is 0 Å². The SMILES string of the molecule is CCOC(=O)Nc1cc(C)cc(S(=O)(=O)Cl)c1OC. The molecule has 19 heavy (non-hydrogen) atoms. The molecule has 0 saturated heterocycles. The summed E-state index contributed by atoms with van der Waals surface area (Å²) in [5, 5.41) is 2.41. The Morgan fingerprint density at radius 2 is 2.05 bits per heavy atom. The molecule has 0 saturated carbocycles. The fourth-order valence-electron chi connectivity index (χ4n) is 1.50. The van der Waals surface area contributed by atoms with Crippen LogP contribution >= 0.6 is 10.7 Å². The van der Waals surface area contributed by atoms with E-state index in [0.717, 1.165) is 0 Å². The second-order valence-electron chi connectivity index (χ2n) is 3.63. The van der Waals surface area contributed by atoms with Gasteiger partial charge in [-0.25, -0.2) is 13.2 Å². The van der Waals surface area contributed by atoms with E-state index >= 15 is 0 Å². The topological polar surface area (TPSA) is 81.7 Å². The molecule has 0 aliphatic carbocycles. The van der Waals surface area contributed by atoms with Crippen molar-refractivity contribution in [3.05, 3.63) is 17.7 Å². The van der Waals surface area contributed by atoms with Crippen molar-refractivity contribution in [2.24, 2.45) is 0 Å². The van der Waals surface area contributed by atoms with Crippen molar-refractivity contribution in [2.45, 2.75) is 18.7 Å². The molecule has 0 spiro atoms. The fraction of sp³-hybridized carbons (Fsp3) is 0.364. The normalized spacial score (nSPS) is 10.9. The summed E-state index contributed by atoms with van der Waals surface area (Å²) in [6.07, 6.45) is -0.704. The first kappa shape index (κ1) is 15.6. The smallest absolute Gasteiger partial charge is 0.411 e. The zero-order valence-corrected chi connectivity index (χ0v) is 12.3. The van der Waals surface area contributed by atoms with Gasteiger partial charge in [0, 0.05) is 10.7 Å². The molecule has 0 aromatic heterocycles. The number of methoxy groups -OCH3 is 1. The lowest BCUT2D eigenvalue weighted by atomic mass is 10.2. The van der Waals surface area contributed by atoms with E-state index in [2.05, 4.69) is 5.32 Å². The van der Waals surface area contributed by atoms with Crippen molar-refractivity contribution in [3.63, 3.8) is 0 Å². The number of hydrogen-bond acceptors (Lipinski definition) is 5. The van der Waals surface area contributed by atoms with Crippen LogP contribution in [0, 0.1) is 6.92 Å². The Bertz CT molecular complexity index is 585. The van der Waals surface area contributed by atoms with E-state index in [1.54, 1.807) is 19.9 Å². The molecule has 106 valence electrons. The fourth-order valence-corrected chi connectivity index (χ4v) is 2.59. The zero-order chi connectivity index (χ0) is 14.6. The molecule has 1 rings (SSSR count). The van der Waals surface area contributed by atoms with Crippen LogP contribution in [0.15, 0.2) is 17.0 Å². The summed E-state index contributed by atoms with van der Waals surface area (Å²) in [4.78, 5) is 11.2. The molecule has 0 bridgehead atoms. The Kier molecular flexibility index (Phi) is 5.02. The number of amides is 1. The first-order valence-corrected chi connectivity index (χ1v) is 7.67. The molecule has 0 fully saturated rings. The van der Waals surface area contributed by atoms with Gasteiger partial charge in [-0.3, -0.25) is 5.32 Å². The summed E-state index contributed by atoms with van der Waals surface area (Å²) in [5.41, 5.74) is 0.784. The van der Waals surface area contributed by atoms with E-state index in [-0.39, 0.29) is 22.9 Å². The first-order chi connectivity index (χ1) is 8.79. The average molecular weight is 308 g/mol. The van der Waals surface area contributed by atoms with Gasteiger partial charge in [0.15, 0.2) is 5.75 Å². The molecule has 0 radical (unpaired) electrons. The minimum atomic E-state index is -3.98. The van der Waals surface area contributed by atoms with Gasteiger partial charge in [0.2, 0.25) is 0 Å². The van der Waals surface area contributed by atoms with Crippen LogP contribution in [0.3, 0.4) is 0 Å². The number of carbonyl (C=O) groups excluding carboxylic acids is 1. The molecule has 0 heterocycles. The summed E-state index contributed by atoms with van der Waals surface area (Å²) in [7, 11) is 2.63. The van der Waals surface area contributed by atoms with Crippen LogP contribution in [0.2, 0.25) is 0 Å². The van der Waals surface area contributed by atoms with Crippen molar-refractivity contribution in [2.75, 3.05) is 19.0 Å². The molecule has 0 aliphatic heterocycles. The van der Waals surface area contributed by atoms with Gasteiger partial charge in [-0.1, -0.05) is 0 Å². The quantitative estimate of drug-likeness (QED) is 0.864. The van der Waals surface area contributed by atoms with Crippen LogP contribution in [0.4, 0.5) is 10.5 Å². The van der Waals surface area contributed by atoms with Crippen LogP contribution in [0.5, 0.6) is 5.75 Å². The second kappa shape index (κ2) is 6.12. The second-order valence-corrected chi connectivity index (χ2v) is 6.16. The lowest BCUT2D eigenvalue weighted by Crippen LogP contribution is -2.15. The summed E-state index contributed by atoms with van der Waals surface area (Å²) in [5.74, 6) is -0.0337. The lowest BCUT2D eigenvalue weighted by molar-refractivity contribution is 0.168. The Balaban J connectivity index is 3.32. The maximum Gasteiger partial charge on any atom is 0.411 e. The molecule has 0 atom stereocenters. The van der Waals surface area contributed by atoms with Gasteiger partial charge in [-0.2, -0.15) is 0 Å². The Labute approximate surface area is 116 Å². The van der Waals surface area contributed by atoms with E-state index < -0.39 is 15.1 Å². The number of aryl methyl sites for hydroxylation is 1. The number of halogens is 1. The summed E-state index contributed by atoms with van der Waals surface area (Å²) in [6, 6.07) is 2.92. The minimum Gasteiger partial charge on any atom is -0.493 e. The van der Waals surface area contributed by atoms with Crippen molar-refractivity contribution < 1.29 is 22.7 Å².